The number of nitriles is 1. The van der Waals surface area contributed by atoms with Crippen LogP contribution in [0.3, 0.4) is 0 Å². The summed E-state index contributed by atoms with van der Waals surface area (Å²) in [7, 11) is 0. The number of carbonyl (C=O) groups is 1. The minimum Gasteiger partial charge on any atom is -0.375 e. The largest absolute Gasteiger partial charge is 0.375 e. The maximum Gasteiger partial charge on any atom is 0.220 e. The number of rotatable bonds is 6. The average Bonchev–Trinajstić information content (AvgIpc) is 3.21. The van der Waals surface area contributed by atoms with Gasteiger partial charge in [0.25, 0.3) is 0 Å². The highest BCUT2D eigenvalue weighted by Crippen LogP contribution is 2.18. The van der Waals surface area contributed by atoms with Crippen molar-refractivity contribution >= 4 is 17.4 Å². The van der Waals surface area contributed by atoms with Gasteiger partial charge in [-0.25, -0.2) is 14.5 Å². The number of hydrogen-bond acceptors (Lipinski definition) is 7. The first kappa shape index (κ1) is 21.7. The Morgan fingerprint density at radius 1 is 1.34 bits per heavy atom. The first-order valence-electron chi connectivity index (χ1n) is 10.8. The summed E-state index contributed by atoms with van der Waals surface area (Å²) >= 11 is 0. The van der Waals surface area contributed by atoms with E-state index in [1.165, 1.54) is 6.20 Å². The Labute approximate surface area is 187 Å². The molecule has 1 aliphatic rings. The second-order valence-corrected chi connectivity index (χ2v) is 8.10. The topological polar surface area (TPSA) is 108 Å². The lowest BCUT2D eigenvalue weighted by Crippen LogP contribution is -2.41. The fourth-order valence-electron chi connectivity index (χ4n) is 4.01. The third kappa shape index (κ3) is 4.55. The molecule has 0 aromatic carbocycles. The van der Waals surface area contributed by atoms with Gasteiger partial charge in [-0.2, -0.15) is 10.4 Å². The molecular weight excluding hydrogens is 406 g/mol. The van der Waals surface area contributed by atoms with E-state index in [9.17, 15) is 10.1 Å². The van der Waals surface area contributed by atoms with Gasteiger partial charge in [-0.1, -0.05) is 6.07 Å². The number of nitrogens with one attached hydrogen (secondary N) is 1. The summed E-state index contributed by atoms with van der Waals surface area (Å²) in [5.74, 6) is 0.899. The summed E-state index contributed by atoms with van der Waals surface area (Å²) in [6.07, 6.45) is 4.43. The molecule has 1 N–H and O–H groups in total. The van der Waals surface area contributed by atoms with Crippen LogP contribution in [0.1, 0.15) is 41.4 Å². The van der Waals surface area contributed by atoms with E-state index in [4.69, 9.17) is 4.74 Å². The Kier molecular flexibility index (Phi) is 6.32. The lowest BCUT2D eigenvalue weighted by molar-refractivity contribution is -0.121. The molecule has 1 saturated heterocycles. The highest BCUT2D eigenvalue weighted by molar-refractivity contribution is 5.76. The predicted octanol–water partition coefficient (Wildman–Crippen LogP) is 2.09. The second-order valence-electron chi connectivity index (χ2n) is 8.10. The summed E-state index contributed by atoms with van der Waals surface area (Å²) in [6.45, 7) is 8.71. The molecule has 1 unspecified atom stereocenters. The van der Waals surface area contributed by atoms with Crippen LogP contribution < -0.4 is 10.2 Å². The molecule has 3 aromatic rings. The molecule has 0 spiro atoms. The monoisotopic (exact) mass is 433 g/mol. The van der Waals surface area contributed by atoms with Crippen LogP contribution in [0, 0.1) is 25.2 Å². The summed E-state index contributed by atoms with van der Waals surface area (Å²) in [5.41, 5.74) is 4.66. The van der Waals surface area contributed by atoms with E-state index in [1.807, 2.05) is 32.2 Å². The number of nitrogens with zero attached hydrogens (tertiary/aromatic N) is 6. The molecule has 1 aliphatic heterocycles. The van der Waals surface area contributed by atoms with Crippen molar-refractivity contribution in [2.24, 2.45) is 0 Å². The van der Waals surface area contributed by atoms with Gasteiger partial charge in [0, 0.05) is 43.6 Å². The molecule has 4 rings (SSSR count). The molecule has 0 saturated carbocycles. The lowest BCUT2D eigenvalue weighted by atomic mass is 10.1. The van der Waals surface area contributed by atoms with Crippen molar-refractivity contribution in [2.75, 3.05) is 24.6 Å². The summed E-state index contributed by atoms with van der Waals surface area (Å²) in [6, 6.07) is 6.10. The second kappa shape index (κ2) is 9.32. The molecule has 0 radical (unpaired) electrons. The standard InChI is InChI=1S/C23H27N7O2/c1-15-14-29(8-9-32-15)21-6-4-18(11-25-21)12-26-22(31)7-5-20-16(2)28-23-19(10-24)13-27-30(23)17(20)3/h4,6,11,13,15H,5,7-9,12,14H2,1-3H3,(H,26,31). The first-order valence-corrected chi connectivity index (χ1v) is 10.8. The number of amides is 1. The maximum atomic E-state index is 12.4. The summed E-state index contributed by atoms with van der Waals surface area (Å²) in [5, 5.41) is 16.4. The third-order valence-corrected chi connectivity index (χ3v) is 5.79. The van der Waals surface area contributed by atoms with Crippen LogP contribution in [0.25, 0.3) is 5.65 Å². The lowest BCUT2D eigenvalue weighted by Gasteiger charge is -2.32. The van der Waals surface area contributed by atoms with Crippen LogP contribution in [-0.2, 0) is 22.5 Å². The number of anilines is 1. The maximum absolute atomic E-state index is 12.4. The summed E-state index contributed by atoms with van der Waals surface area (Å²) in [4.78, 5) is 23.7. The van der Waals surface area contributed by atoms with Gasteiger partial charge in [-0.05, 0) is 44.4 Å². The molecule has 9 nitrogen and oxygen atoms in total. The fourth-order valence-corrected chi connectivity index (χ4v) is 4.01. The molecule has 1 amide bonds. The quantitative estimate of drug-likeness (QED) is 0.634. The molecule has 1 atom stereocenters. The Hall–Kier alpha value is -3.51. The van der Waals surface area contributed by atoms with Crippen LogP contribution in [0.2, 0.25) is 0 Å². The van der Waals surface area contributed by atoms with Gasteiger partial charge in [-0.3, -0.25) is 4.79 Å². The molecule has 0 bridgehead atoms. The SMILES string of the molecule is Cc1nc2c(C#N)cnn2c(C)c1CCC(=O)NCc1ccc(N2CCOC(C)C2)nc1. The molecule has 3 aromatic heterocycles. The fraction of sp³-hybridized carbons (Fsp3) is 0.435. The number of fused-ring (bicyclic) bond motifs is 1. The predicted molar refractivity (Wildman–Crippen MR) is 119 cm³/mol. The van der Waals surface area contributed by atoms with Crippen molar-refractivity contribution in [3.8, 4) is 6.07 Å². The molecule has 166 valence electrons. The number of hydrogen-bond donors (Lipinski definition) is 1. The number of pyridine rings is 1. The average molecular weight is 434 g/mol. The Balaban J connectivity index is 1.32. The first-order chi connectivity index (χ1) is 15.5. The number of ether oxygens (including phenoxy) is 1. The van der Waals surface area contributed by atoms with E-state index in [2.05, 4.69) is 38.3 Å². The minimum atomic E-state index is -0.0341. The minimum absolute atomic E-state index is 0.0341. The zero-order chi connectivity index (χ0) is 22.7. The van der Waals surface area contributed by atoms with Crippen molar-refractivity contribution < 1.29 is 9.53 Å². The molecule has 0 aliphatic carbocycles. The number of morpholine rings is 1. The number of aromatic nitrogens is 4. The third-order valence-electron chi connectivity index (χ3n) is 5.79. The van der Waals surface area contributed by atoms with Crippen molar-refractivity contribution in [1.29, 1.82) is 5.26 Å². The molecular formula is C23H27N7O2. The molecule has 9 heteroatoms. The Morgan fingerprint density at radius 2 is 2.19 bits per heavy atom. The van der Waals surface area contributed by atoms with Crippen molar-refractivity contribution in [2.45, 2.75) is 46.3 Å². The molecule has 4 heterocycles. The van der Waals surface area contributed by atoms with E-state index in [0.717, 1.165) is 41.4 Å². The normalized spacial score (nSPS) is 16.2. The number of aryl methyl sites for hydroxylation is 2. The molecule has 1 fully saturated rings. The van der Waals surface area contributed by atoms with E-state index in [1.54, 1.807) is 4.52 Å². The Bertz CT molecular complexity index is 1160. The zero-order valence-electron chi connectivity index (χ0n) is 18.6. The van der Waals surface area contributed by atoms with Crippen molar-refractivity contribution in [3.05, 3.63) is 52.6 Å². The van der Waals surface area contributed by atoms with Crippen LogP contribution >= 0.6 is 0 Å². The highest BCUT2D eigenvalue weighted by Gasteiger charge is 2.18. The van der Waals surface area contributed by atoms with E-state index in [-0.39, 0.29) is 12.0 Å². The van der Waals surface area contributed by atoms with Gasteiger partial charge in [-0.15, -0.1) is 0 Å². The van der Waals surface area contributed by atoms with Gasteiger partial charge in [0.15, 0.2) is 5.65 Å². The van der Waals surface area contributed by atoms with Gasteiger partial charge in [0.2, 0.25) is 5.91 Å². The van der Waals surface area contributed by atoms with Crippen molar-refractivity contribution in [3.63, 3.8) is 0 Å². The number of carbonyl (C=O) groups excluding carboxylic acids is 1. The van der Waals surface area contributed by atoms with Crippen LogP contribution in [-0.4, -0.2) is 51.3 Å². The van der Waals surface area contributed by atoms with Gasteiger partial charge < -0.3 is 15.0 Å². The van der Waals surface area contributed by atoms with Crippen LogP contribution in [0.5, 0.6) is 0 Å². The smallest absolute Gasteiger partial charge is 0.220 e. The Morgan fingerprint density at radius 3 is 2.91 bits per heavy atom. The van der Waals surface area contributed by atoms with E-state index >= 15 is 0 Å². The molecule has 32 heavy (non-hydrogen) atoms. The van der Waals surface area contributed by atoms with E-state index in [0.29, 0.717) is 37.2 Å². The van der Waals surface area contributed by atoms with Crippen LogP contribution in [0.15, 0.2) is 24.5 Å². The summed E-state index contributed by atoms with van der Waals surface area (Å²) < 4.78 is 7.24. The highest BCUT2D eigenvalue weighted by atomic mass is 16.5. The van der Waals surface area contributed by atoms with Crippen LogP contribution in [0.4, 0.5) is 5.82 Å². The van der Waals surface area contributed by atoms with Gasteiger partial charge in [0.1, 0.15) is 17.5 Å². The zero-order valence-corrected chi connectivity index (χ0v) is 18.6. The van der Waals surface area contributed by atoms with Gasteiger partial charge >= 0.3 is 0 Å². The van der Waals surface area contributed by atoms with Gasteiger partial charge in [0.05, 0.1) is 18.9 Å². The van der Waals surface area contributed by atoms with E-state index < -0.39 is 0 Å². The van der Waals surface area contributed by atoms with Crippen molar-refractivity contribution in [1.82, 2.24) is 24.9 Å².